The SMILES string of the molecule is CCCCCC/C=C/C[N+](CCC(=O)[O-])(CCC(=O)O)CCC(=O)O. The van der Waals surface area contributed by atoms with Crippen LogP contribution in [-0.2, 0) is 14.4 Å². The minimum atomic E-state index is -1.21. The van der Waals surface area contributed by atoms with Gasteiger partial charge >= 0.3 is 11.9 Å². The molecule has 0 aromatic rings. The summed E-state index contributed by atoms with van der Waals surface area (Å²) in [4.78, 5) is 32.7. The molecule has 2 N–H and O–H groups in total. The van der Waals surface area contributed by atoms with E-state index in [1.807, 2.05) is 12.2 Å². The number of allylic oxidation sites excluding steroid dienone is 1. The number of carboxylic acids is 3. The highest BCUT2D eigenvalue weighted by Gasteiger charge is 2.27. The van der Waals surface area contributed by atoms with Gasteiger partial charge in [-0.1, -0.05) is 32.3 Å². The number of carbonyl (C=O) groups excluding carboxylic acids is 1. The molecule has 0 bridgehead atoms. The van der Waals surface area contributed by atoms with E-state index in [0.29, 0.717) is 6.54 Å². The van der Waals surface area contributed by atoms with Crippen molar-refractivity contribution in [2.45, 2.75) is 58.3 Å². The average Bonchev–Trinajstić information content (AvgIpc) is 2.54. The molecular formula is C18H31NO6. The van der Waals surface area contributed by atoms with Crippen molar-refractivity contribution in [2.75, 3.05) is 26.2 Å². The fourth-order valence-corrected chi connectivity index (χ4v) is 2.71. The fourth-order valence-electron chi connectivity index (χ4n) is 2.71. The summed E-state index contributed by atoms with van der Waals surface area (Å²) in [5, 5.41) is 28.7. The first-order chi connectivity index (χ1) is 11.8. The highest BCUT2D eigenvalue weighted by Crippen LogP contribution is 2.13. The van der Waals surface area contributed by atoms with Crippen molar-refractivity contribution in [3.05, 3.63) is 12.2 Å². The van der Waals surface area contributed by atoms with Gasteiger partial charge in [-0.05, 0) is 18.9 Å². The van der Waals surface area contributed by atoms with Gasteiger partial charge in [0.05, 0.1) is 39.0 Å². The molecule has 0 atom stereocenters. The Kier molecular flexibility index (Phi) is 12.4. The number of hydrogen-bond acceptors (Lipinski definition) is 4. The van der Waals surface area contributed by atoms with Crippen LogP contribution in [0.2, 0.25) is 0 Å². The van der Waals surface area contributed by atoms with Crippen molar-refractivity contribution in [2.24, 2.45) is 0 Å². The molecule has 144 valence electrons. The van der Waals surface area contributed by atoms with Crippen molar-refractivity contribution >= 4 is 17.9 Å². The van der Waals surface area contributed by atoms with E-state index in [1.165, 1.54) is 6.42 Å². The first-order valence-corrected chi connectivity index (χ1v) is 8.95. The molecule has 0 rings (SSSR count). The standard InChI is InChI=1S/C18H31NO6/c1-2-3-4-5-6-7-8-12-19(13-9-16(20)21,14-10-17(22)23)15-11-18(24)25/h7-8H,2-6,9-15H2,1H3,(H2-,20,21,22,23,24,25)/b8-7+. The van der Waals surface area contributed by atoms with Crippen molar-refractivity contribution in [3.63, 3.8) is 0 Å². The second kappa shape index (κ2) is 13.4. The molecule has 0 saturated carbocycles. The quantitative estimate of drug-likeness (QED) is 0.245. The number of hydrogen-bond donors (Lipinski definition) is 2. The Balaban J connectivity index is 4.86. The maximum Gasteiger partial charge on any atom is 0.309 e. The predicted octanol–water partition coefficient (Wildman–Crippen LogP) is 1.42. The van der Waals surface area contributed by atoms with Gasteiger partial charge in [-0.2, -0.15) is 0 Å². The monoisotopic (exact) mass is 357 g/mol. The van der Waals surface area contributed by atoms with Gasteiger partial charge in [-0.15, -0.1) is 0 Å². The lowest BCUT2D eigenvalue weighted by molar-refractivity contribution is -0.921. The van der Waals surface area contributed by atoms with Gasteiger partial charge in [-0.25, -0.2) is 0 Å². The second-order valence-electron chi connectivity index (χ2n) is 6.43. The van der Waals surface area contributed by atoms with Crippen LogP contribution in [0, 0.1) is 0 Å². The molecule has 0 amide bonds. The number of quaternary nitrogens is 1. The van der Waals surface area contributed by atoms with E-state index in [4.69, 9.17) is 10.2 Å². The van der Waals surface area contributed by atoms with Crippen LogP contribution in [0.5, 0.6) is 0 Å². The third-order valence-corrected chi connectivity index (χ3v) is 4.27. The molecule has 0 aliphatic carbocycles. The van der Waals surface area contributed by atoms with E-state index < -0.39 is 17.9 Å². The van der Waals surface area contributed by atoms with Crippen molar-refractivity contribution in [1.82, 2.24) is 0 Å². The van der Waals surface area contributed by atoms with Crippen LogP contribution < -0.4 is 5.11 Å². The largest absolute Gasteiger partial charge is 0.550 e. The molecule has 25 heavy (non-hydrogen) atoms. The van der Waals surface area contributed by atoms with Gasteiger partial charge < -0.3 is 24.6 Å². The molecule has 0 saturated heterocycles. The Morgan fingerprint density at radius 3 is 1.92 bits per heavy atom. The summed E-state index contributed by atoms with van der Waals surface area (Å²) in [5.41, 5.74) is 0. The summed E-state index contributed by atoms with van der Waals surface area (Å²) in [7, 11) is 0. The summed E-state index contributed by atoms with van der Waals surface area (Å²) < 4.78 is 0.137. The maximum absolute atomic E-state index is 10.9. The third-order valence-electron chi connectivity index (χ3n) is 4.27. The minimum absolute atomic E-state index is 0.128. The van der Waals surface area contributed by atoms with E-state index in [2.05, 4.69) is 6.92 Å². The smallest absolute Gasteiger partial charge is 0.309 e. The van der Waals surface area contributed by atoms with Crippen molar-refractivity contribution in [3.8, 4) is 0 Å². The molecule has 0 heterocycles. The zero-order valence-corrected chi connectivity index (χ0v) is 15.1. The lowest BCUT2D eigenvalue weighted by Crippen LogP contribution is -2.52. The number of rotatable bonds is 16. The van der Waals surface area contributed by atoms with E-state index >= 15 is 0 Å². The second-order valence-corrected chi connectivity index (χ2v) is 6.43. The molecule has 0 aromatic carbocycles. The normalized spacial score (nSPS) is 11.7. The van der Waals surface area contributed by atoms with Crippen LogP contribution in [0.15, 0.2) is 12.2 Å². The van der Waals surface area contributed by atoms with E-state index in [1.54, 1.807) is 0 Å². The number of aliphatic carboxylic acids is 3. The van der Waals surface area contributed by atoms with Crippen molar-refractivity contribution < 1.29 is 34.2 Å². The van der Waals surface area contributed by atoms with E-state index in [0.717, 1.165) is 25.7 Å². The molecule has 0 spiro atoms. The van der Waals surface area contributed by atoms with Gasteiger partial charge in [0.15, 0.2) is 0 Å². The lowest BCUT2D eigenvalue weighted by Gasteiger charge is -2.37. The average molecular weight is 357 g/mol. The first kappa shape index (κ1) is 23.1. The predicted molar refractivity (Wildman–Crippen MR) is 91.8 cm³/mol. The Labute approximate surface area is 149 Å². The summed E-state index contributed by atoms with van der Waals surface area (Å²) in [5.74, 6) is -3.17. The van der Waals surface area contributed by atoms with Crippen molar-refractivity contribution in [1.29, 1.82) is 0 Å². The van der Waals surface area contributed by atoms with Gasteiger partial charge in [0.1, 0.15) is 0 Å². The van der Waals surface area contributed by atoms with Crippen LogP contribution in [0.1, 0.15) is 58.3 Å². The lowest BCUT2D eigenvalue weighted by atomic mass is 10.1. The topological polar surface area (TPSA) is 115 Å². The molecule has 7 heteroatoms. The molecule has 0 fully saturated rings. The Hall–Kier alpha value is -1.89. The van der Waals surface area contributed by atoms with Gasteiger partial charge in [0.25, 0.3) is 0 Å². The third kappa shape index (κ3) is 13.1. The van der Waals surface area contributed by atoms with E-state index in [9.17, 15) is 19.5 Å². The fraction of sp³-hybridized carbons (Fsp3) is 0.722. The zero-order valence-electron chi connectivity index (χ0n) is 15.1. The molecule has 0 aliphatic rings. The zero-order chi connectivity index (χ0) is 19.1. The molecule has 0 radical (unpaired) electrons. The Morgan fingerprint density at radius 2 is 1.44 bits per heavy atom. The van der Waals surface area contributed by atoms with Crippen LogP contribution in [-0.4, -0.2) is 58.8 Å². The summed E-state index contributed by atoms with van der Waals surface area (Å²) in [6.07, 6.45) is 8.97. The van der Waals surface area contributed by atoms with Crippen LogP contribution in [0.4, 0.5) is 0 Å². The van der Waals surface area contributed by atoms with E-state index in [-0.39, 0.29) is 43.4 Å². The molecule has 7 nitrogen and oxygen atoms in total. The number of unbranched alkanes of at least 4 members (excludes halogenated alkanes) is 4. The Morgan fingerprint density at radius 1 is 0.880 bits per heavy atom. The number of carbonyl (C=O) groups is 3. The number of nitrogens with zero attached hydrogens (tertiary/aromatic N) is 1. The summed E-state index contributed by atoms with van der Waals surface area (Å²) in [6, 6.07) is 0. The first-order valence-electron chi connectivity index (χ1n) is 8.95. The van der Waals surface area contributed by atoms with Crippen LogP contribution in [0.3, 0.4) is 0 Å². The number of carboxylic acid groups (broad SMARTS) is 3. The van der Waals surface area contributed by atoms with Gasteiger partial charge in [0, 0.05) is 12.4 Å². The molecule has 0 aliphatic heterocycles. The maximum atomic E-state index is 10.9. The van der Waals surface area contributed by atoms with Crippen LogP contribution >= 0.6 is 0 Å². The van der Waals surface area contributed by atoms with Crippen LogP contribution in [0.25, 0.3) is 0 Å². The molecule has 0 unspecified atom stereocenters. The highest BCUT2D eigenvalue weighted by molar-refractivity contribution is 5.67. The van der Waals surface area contributed by atoms with Gasteiger partial charge in [-0.3, -0.25) is 9.59 Å². The minimum Gasteiger partial charge on any atom is -0.550 e. The summed E-state index contributed by atoms with van der Waals surface area (Å²) >= 11 is 0. The summed E-state index contributed by atoms with van der Waals surface area (Å²) in [6.45, 7) is 3.15. The Bertz CT molecular complexity index is 401. The molecular weight excluding hydrogens is 326 g/mol. The highest BCUT2D eigenvalue weighted by atomic mass is 16.4. The molecule has 0 aromatic heterocycles. The van der Waals surface area contributed by atoms with Gasteiger partial charge in [0.2, 0.25) is 0 Å².